The highest BCUT2D eigenvalue weighted by Gasteiger charge is 2.19. The van der Waals surface area contributed by atoms with Crippen LogP contribution in [0.25, 0.3) is 16.9 Å². The van der Waals surface area contributed by atoms with E-state index in [1.807, 2.05) is 13.8 Å². The molecule has 104 valence electrons. The van der Waals surface area contributed by atoms with E-state index < -0.39 is 5.82 Å². The van der Waals surface area contributed by atoms with Crippen LogP contribution >= 0.6 is 23.8 Å². The highest BCUT2D eigenvalue weighted by molar-refractivity contribution is 7.71. The molecule has 3 rings (SSSR count). The Morgan fingerprint density at radius 3 is 2.85 bits per heavy atom. The fraction of sp³-hybridized carbons (Fsp3) is 0.231. The van der Waals surface area contributed by atoms with E-state index in [-0.39, 0.29) is 5.69 Å². The first-order valence-corrected chi connectivity index (χ1v) is 6.95. The fourth-order valence-electron chi connectivity index (χ4n) is 2.33. The number of hydrogen-bond donors (Lipinski definition) is 1. The molecule has 4 nitrogen and oxygen atoms in total. The van der Waals surface area contributed by atoms with Crippen LogP contribution in [0.3, 0.4) is 0 Å². The lowest BCUT2D eigenvalue weighted by Crippen LogP contribution is -2.05. The van der Waals surface area contributed by atoms with E-state index >= 15 is 0 Å². The van der Waals surface area contributed by atoms with Crippen LogP contribution in [0.1, 0.15) is 12.6 Å². The number of para-hydroxylation sites is 1. The monoisotopic (exact) mass is 310 g/mol. The van der Waals surface area contributed by atoms with Crippen LogP contribution in [0.15, 0.2) is 18.2 Å². The summed E-state index contributed by atoms with van der Waals surface area (Å²) < 4.78 is 17.9. The number of benzene rings is 1. The second kappa shape index (κ2) is 4.71. The third-order valence-corrected chi connectivity index (χ3v) is 3.80. The second-order valence-electron chi connectivity index (χ2n) is 4.44. The third kappa shape index (κ3) is 1.79. The Kier molecular flexibility index (Phi) is 3.14. The lowest BCUT2D eigenvalue weighted by Gasteiger charge is -2.09. The van der Waals surface area contributed by atoms with Crippen molar-refractivity contribution in [3.63, 3.8) is 0 Å². The van der Waals surface area contributed by atoms with Gasteiger partial charge in [0.05, 0.1) is 10.7 Å². The molecule has 0 fully saturated rings. The summed E-state index contributed by atoms with van der Waals surface area (Å²) in [4.78, 5) is 3.07. The number of aryl methyl sites for hydroxylation is 2. The first-order valence-electron chi connectivity index (χ1n) is 6.17. The van der Waals surface area contributed by atoms with Gasteiger partial charge in [0.2, 0.25) is 0 Å². The first kappa shape index (κ1) is 13.3. The number of halogens is 2. The normalized spacial score (nSPS) is 11.4. The van der Waals surface area contributed by atoms with Gasteiger partial charge >= 0.3 is 0 Å². The standard InChI is InChI=1S/C13H12ClFN4S/c1-3-18-12-10(7(2)17-18)16-13(20)19(12)11-8(14)5-4-6-9(11)15/h4-6H,3H2,1-2H3,(H,16,20). The van der Waals surface area contributed by atoms with E-state index in [1.54, 1.807) is 21.4 Å². The van der Waals surface area contributed by atoms with Gasteiger partial charge in [0, 0.05) is 6.54 Å². The topological polar surface area (TPSA) is 38.5 Å². The van der Waals surface area contributed by atoms with Crippen LogP contribution in [0.5, 0.6) is 0 Å². The molecule has 0 bridgehead atoms. The molecule has 2 heterocycles. The van der Waals surface area contributed by atoms with Crippen LogP contribution < -0.4 is 0 Å². The minimum Gasteiger partial charge on any atom is -0.327 e. The number of H-pyrrole nitrogens is 1. The van der Waals surface area contributed by atoms with Gasteiger partial charge in [0.25, 0.3) is 0 Å². The van der Waals surface area contributed by atoms with Gasteiger partial charge in [0.1, 0.15) is 17.0 Å². The van der Waals surface area contributed by atoms with Gasteiger partial charge in [-0.15, -0.1) is 0 Å². The Morgan fingerprint density at radius 2 is 2.20 bits per heavy atom. The predicted molar refractivity (Wildman–Crippen MR) is 79.6 cm³/mol. The first-order chi connectivity index (χ1) is 9.54. The van der Waals surface area contributed by atoms with E-state index in [0.29, 0.717) is 16.3 Å². The maximum absolute atomic E-state index is 14.2. The van der Waals surface area contributed by atoms with Crippen molar-refractivity contribution in [3.05, 3.63) is 39.5 Å². The maximum atomic E-state index is 14.2. The number of rotatable bonds is 2. The minimum atomic E-state index is -0.420. The number of nitrogens with one attached hydrogen (secondary N) is 1. The van der Waals surface area contributed by atoms with Crippen molar-refractivity contribution in [3.8, 4) is 5.69 Å². The number of aromatic nitrogens is 4. The molecule has 0 atom stereocenters. The molecule has 0 saturated carbocycles. The van der Waals surface area contributed by atoms with Crippen molar-refractivity contribution in [1.82, 2.24) is 19.3 Å². The van der Waals surface area contributed by atoms with Crippen molar-refractivity contribution in [2.75, 3.05) is 0 Å². The Labute approximate surface area is 124 Å². The Balaban J connectivity index is 2.48. The van der Waals surface area contributed by atoms with Crippen LogP contribution in [0, 0.1) is 17.5 Å². The highest BCUT2D eigenvalue weighted by atomic mass is 35.5. The fourth-order valence-corrected chi connectivity index (χ4v) is 2.86. The zero-order valence-corrected chi connectivity index (χ0v) is 12.5. The van der Waals surface area contributed by atoms with Gasteiger partial charge in [-0.2, -0.15) is 5.10 Å². The molecule has 0 aliphatic rings. The van der Waals surface area contributed by atoms with E-state index in [4.69, 9.17) is 23.8 Å². The van der Waals surface area contributed by atoms with Gasteiger partial charge in [-0.05, 0) is 38.2 Å². The zero-order valence-electron chi connectivity index (χ0n) is 10.9. The summed E-state index contributed by atoms with van der Waals surface area (Å²) in [6.07, 6.45) is 0. The second-order valence-corrected chi connectivity index (χ2v) is 5.23. The molecule has 0 unspecified atom stereocenters. The molecule has 7 heteroatoms. The molecule has 0 amide bonds. The third-order valence-electron chi connectivity index (χ3n) is 3.21. The predicted octanol–water partition coefficient (Wildman–Crippen LogP) is 4.01. The molecule has 1 N–H and O–H groups in total. The van der Waals surface area contributed by atoms with Crippen LogP contribution in [-0.2, 0) is 6.54 Å². The van der Waals surface area contributed by atoms with E-state index in [9.17, 15) is 4.39 Å². The number of imidazole rings is 1. The average Bonchev–Trinajstić information content (AvgIpc) is 2.88. The zero-order chi connectivity index (χ0) is 14.4. The molecular formula is C13H12ClFN4S. The molecule has 1 aromatic carbocycles. The van der Waals surface area contributed by atoms with E-state index in [2.05, 4.69) is 10.1 Å². The number of fused-ring (bicyclic) bond motifs is 1. The smallest absolute Gasteiger partial charge is 0.184 e. The summed E-state index contributed by atoms with van der Waals surface area (Å²) >= 11 is 11.5. The molecule has 0 aliphatic heterocycles. The Bertz CT molecular complexity index is 841. The SMILES string of the molecule is CCn1nc(C)c2[nH]c(=S)n(-c3c(F)cccc3Cl)c21. The number of aromatic amines is 1. The van der Waals surface area contributed by atoms with Gasteiger partial charge in [0.15, 0.2) is 10.4 Å². The summed E-state index contributed by atoms with van der Waals surface area (Å²) in [7, 11) is 0. The van der Waals surface area contributed by atoms with Crippen molar-refractivity contribution < 1.29 is 4.39 Å². The molecule has 0 radical (unpaired) electrons. The van der Waals surface area contributed by atoms with Crippen LogP contribution in [0.2, 0.25) is 5.02 Å². The van der Waals surface area contributed by atoms with Crippen LogP contribution in [0.4, 0.5) is 4.39 Å². The maximum Gasteiger partial charge on any atom is 0.184 e. The molecular weight excluding hydrogens is 299 g/mol. The van der Waals surface area contributed by atoms with Crippen LogP contribution in [-0.4, -0.2) is 19.3 Å². The molecule has 2 aromatic heterocycles. The Hall–Kier alpha value is -1.66. The lowest BCUT2D eigenvalue weighted by molar-refractivity contribution is 0.613. The Morgan fingerprint density at radius 1 is 1.45 bits per heavy atom. The largest absolute Gasteiger partial charge is 0.327 e. The minimum absolute atomic E-state index is 0.250. The van der Waals surface area contributed by atoms with Crippen molar-refractivity contribution >= 4 is 35.0 Å². The summed E-state index contributed by atoms with van der Waals surface area (Å²) in [5.74, 6) is -0.420. The molecule has 0 spiro atoms. The van der Waals surface area contributed by atoms with Gasteiger partial charge < -0.3 is 4.98 Å². The van der Waals surface area contributed by atoms with Gasteiger partial charge in [-0.25, -0.2) is 9.07 Å². The van der Waals surface area contributed by atoms with E-state index in [0.717, 1.165) is 16.9 Å². The molecule has 3 aromatic rings. The number of hydrogen-bond acceptors (Lipinski definition) is 2. The highest BCUT2D eigenvalue weighted by Crippen LogP contribution is 2.28. The summed E-state index contributed by atoms with van der Waals surface area (Å²) in [5, 5.41) is 4.72. The van der Waals surface area contributed by atoms with E-state index in [1.165, 1.54) is 6.07 Å². The summed E-state index contributed by atoms with van der Waals surface area (Å²) in [6.45, 7) is 4.51. The lowest BCUT2D eigenvalue weighted by atomic mass is 10.3. The average molecular weight is 311 g/mol. The molecule has 0 aliphatic carbocycles. The summed E-state index contributed by atoms with van der Waals surface area (Å²) in [5.41, 5.74) is 2.59. The summed E-state index contributed by atoms with van der Waals surface area (Å²) in [6, 6.07) is 4.57. The molecule has 20 heavy (non-hydrogen) atoms. The van der Waals surface area contributed by atoms with Crippen molar-refractivity contribution in [2.45, 2.75) is 20.4 Å². The van der Waals surface area contributed by atoms with Gasteiger partial charge in [-0.3, -0.25) is 4.57 Å². The molecule has 0 saturated heterocycles. The van der Waals surface area contributed by atoms with Gasteiger partial charge in [-0.1, -0.05) is 17.7 Å². The van der Waals surface area contributed by atoms with Crippen molar-refractivity contribution in [2.24, 2.45) is 0 Å². The number of nitrogens with zero attached hydrogens (tertiary/aromatic N) is 3. The quantitative estimate of drug-likeness (QED) is 0.726. The van der Waals surface area contributed by atoms with Crippen molar-refractivity contribution in [1.29, 1.82) is 0 Å².